The molecule has 0 aliphatic heterocycles. The lowest BCUT2D eigenvalue weighted by molar-refractivity contribution is -0.113. The maximum Gasteiger partial charge on any atom is 0.205 e. The normalized spacial score (nSPS) is 15.4. The van der Waals surface area contributed by atoms with Crippen molar-refractivity contribution in [1.29, 1.82) is 0 Å². The summed E-state index contributed by atoms with van der Waals surface area (Å²) in [6.45, 7) is 1.85. The first-order valence-corrected chi connectivity index (χ1v) is 4.34. The highest BCUT2D eigenvalue weighted by atomic mass is 16.1. The van der Waals surface area contributed by atoms with Crippen molar-refractivity contribution >= 4 is 5.78 Å². The Bertz CT molecular complexity index is 191. The molecular formula is C10H14O. The molecule has 0 atom stereocenters. The molecule has 0 heterocycles. The highest BCUT2D eigenvalue weighted by Gasteiger charge is 2.19. The van der Waals surface area contributed by atoms with Crippen LogP contribution in [0.25, 0.3) is 0 Å². The molecule has 1 aliphatic carbocycles. The minimum atomic E-state index is 0.0702. The molecule has 0 aromatic rings. The van der Waals surface area contributed by atoms with Gasteiger partial charge in [-0.25, -0.2) is 0 Å². The molecule has 1 rings (SSSR count). The van der Waals surface area contributed by atoms with Gasteiger partial charge in [0.05, 0.1) is 0 Å². The number of ketones is 1. The van der Waals surface area contributed by atoms with Gasteiger partial charge < -0.3 is 0 Å². The van der Waals surface area contributed by atoms with E-state index in [0.717, 1.165) is 12.3 Å². The first kappa shape index (κ1) is 8.33. The molecule has 60 valence electrons. The molecule has 1 saturated carbocycles. The monoisotopic (exact) mass is 150 g/mol. The summed E-state index contributed by atoms with van der Waals surface area (Å²) >= 11 is 0. The number of hydrogen-bond acceptors (Lipinski definition) is 1. The van der Waals surface area contributed by atoms with Crippen LogP contribution in [0.4, 0.5) is 0 Å². The van der Waals surface area contributed by atoms with Crippen LogP contribution in [0.3, 0.4) is 0 Å². The van der Waals surface area contributed by atoms with E-state index in [0.29, 0.717) is 6.42 Å². The van der Waals surface area contributed by atoms with Crippen molar-refractivity contribution in [1.82, 2.24) is 0 Å². The molecular weight excluding hydrogens is 136 g/mol. The predicted octanol–water partition coefficient (Wildman–Crippen LogP) is 2.16. The van der Waals surface area contributed by atoms with Crippen LogP contribution in [0.1, 0.15) is 39.0 Å². The molecule has 0 amide bonds. The van der Waals surface area contributed by atoms with E-state index in [1.54, 1.807) is 0 Å². The summed E-state index contributed by atoms with van der Waals surface area (Å²) in [5.74, 6) is 6.54. The van der Waals surface area contributed by atoms with Crippen molar-refractivity contribution in [3.8, 4) is 11.8 Å². The van der Waals surface area contributed by atoms with Crippen molar-refractivity contribution < 1.29 is 4.79 Å². The Kier molecular flexibility index (Phi) is 3.16. The number of carbonyl (C=O) groups is 1. The molecule has 0 bridgehead atoms. The third-order valence-electron chi connectivity index (χ3n) is 1.92. The molecule has 0 radical (unpaired) electrons. The van der Waals surface area contributed by atoms with E-state index >= 15 is 0 Å². The van der Waals surface area contributed by atoms with Gasteiger partial charge in [-0.15, -0.1) is 0 Å². The number of hydrogen-bond donors (Lipinski definition) is 0. The lowest BCUT2D eigenvalue weighted by Crippen LogP contribution is -1.87. The number of carbonyl (C=O) groups excluding carboxylic acids is 1. The Morgan fingerprint density at radius 2 is 2.27 bits per heavy atom. The summed E-state index contributed by atoms with van der Waals surface area (Å²) in [5.41, 5.74) is 0. The molecule has 0 aromatic heterocycles. The highest BCUT2D eigenvalue weighted by Crippen LogP contribution is 2.33. The number of Topliss-reactive ketones (excluding diaryl/α,β-unsaturated/α-hetero) is 1. The topological polar surface area (TPSA) is 17.1 Å². The number of rotatable bonds is 3. The van der Waals surface area contributed by atoms with Crippen LogP contribution in [-0.4, -0.2) is 5.78 Å². The Labute approximate surface area is 68.2 Å². The largest absolute Gasteiger partial charge is 0.285 e. The van der Waals surface area contributed by atoms with E-state index in [-0.39, 0.29) is 5.78 Å². The van der Waals surface area contributed by atoms with Gasteiger partial charge in [-0.05, 0) is 18.3 Å². The highest BCUT2D eigenvalue weighted by molar-refractivity contribution is 5.95. The van der Waals surface area contributed by atoms with Gasteiger partial charge in [0, 0.05) is 12.8 Å². The van der Waals surface area contributed by atoms with Gasteiger partial charge in [0.2, 0.25) is 5.78 Å². The second-order valence-corrected chi connectivity index (χ2v) is 3.06. The van der Waals surface area contributed by atoms with Gasteiger partial charge in [0.25, 0.3) is 0 Å². The van der Waals surface area contributed by atoms with Crippen molar-refractivity contribution in [2.24, 2.45) is 5.92 Å². The lowest BCUT2D eigenvalue weighted by atomic mass is 10.2. The van der Waals surface area contributed by atoms with Gasteiger partial charge >= 0.3 is 0 Å². The molecule has 11 heavy (non-hydrogen) atoms. The molecule has 0 aromatic carbocycles. The summed E-state index contributed by atoms with van der Waals surface area (Å²) in [6, 6.07) is 0. The molecule has 1 nitrogen and oxygen atoms in total. The molecule has 1 fully saturated rings. The van der Waals surface area contributed by atoms with Gasteiger partial charge in [0.1, 0.15) is 0 Å². The van der Waals surface area contributed by atoms with E-state index in [4.69, 9.17) is 0 Å². The zero-order valence-electron chi connectivity index (χ0n) is 7.02. The summed E-state index contributed by atoms with van der Waals surface area (Å²) < 4.78 is 0. The van der Waals surface area contributed by atoms with Gasteiger partial charge in [0.15, 0.2) is 0 Å². The summed E-state index contributed by atoms with van der Waals surface area (Å²) in [5, 5.41) is 0. The average Bonchev–Trinajstić information content (AvgIpc) is 2.81. The minimum Gasteiger partial charge on any atom is -0.285 e. The van der Waals surface area contributed by atoms with E-state index in [2.05, 4.69) is 11.8 Å². The second kappa shape index (κ2) is 4.18. The van der Waals surface area contributed by atoms with Crippen LogP contribution in [0.5, 0.6) is 0 Å². The molecule has 1 aliphatic rings. The summed E-state index contributed by atoms with van der Waals surface area (Å²) in [7, 11) is 0. The Morgan fingerprint density at radius 1 is 1.55 bits per heavy atom. The predicted molar refractivity (Wildman–Crippen MR) is 45.0 cm³/mol. The molecule has 0 N–H and O–H groups in total. The quantitative estimate of drug-likeness (QED) is 0.445. The van der Waals surface area contributed by atoms with Crippen LogP contribution >= 0.6 is 0 Å². The molecule has 0 unspecified atom stereocenters. The summed E-state index contributed by atoms with van der Waals surface area (Å²) in [6.07, 6.45) is 5.42. The molecule has 0 spiro atoms. The average molecular weight is 150 g/mol. The van der Waals surface area contributed by atoms with Gasteiger partial charge in [-0.3, -0.25) is 4.79 Å². The zero-order chi connectivity index (χ0) is 8.10. The van der Waals surface area contributed by atoms with Crippen LogP contribution < -0.4 is 0 Å². The van der Waals surface area contributed by atoms with Crippen LogP contribution in [0.15, 0.2) is 0 Å². The first-order chi connectivity index (χ1) is 5.33. The van der Waals surface area contributed by atoms with Crippen LogP contribution in [0, 0.1) is 17.8 Å². The minimum absolute atomic E-state index is 0.0702. The smallest absolute Gasteiger partial charge is 0.205 e. The van der Waals surface area contributed by atoms with Crippen molar-refractivity contribution in [2.75, 3.05) is 0 Å². The fraction of sp³-hybridized carbons (Fsp3) is 0.700. The van der Waals surface area contributed by atoms with Crippen molar-refractivity contribution in [2.45, 2.75) is 39.0 Å². The van der Waals surface area contributed by atoms with Gasteiger partial charge in [-0.1, -0.05) is 25.7 Å². The Balaban J connectivity index is 2.05. The van der Waals surface area contributed by atoms with Crippen molar-refractivity contribution in [3.05, 3.63) is 0 Å². The molecule has 1 heteroatoms. The third kappa shape index (κ3) is 3.83. The van der Waals surface area contributed by atoms with E-state index in [9.17, 15) is 4.79 Å². The van der Waals surface area contributed by atoms with E-state index in [1.807, 2.05) is 6.92 Å². The van der Waals surface area contributed by atoms with E-state index < -0.39 is 0 Å². The third-order valence-corrected chi connectivity index (χ3v) is 1.92. The Morgan fingerprint density at radius 3 is 2.82 bits per heavy atom. The Hall–Kier alpha value is -0.770. The maximum absolute atomic E-state index is 10.7. The fourth-order valence-electron chi connectivity index (χ4n) is 0.932. The SMILES string of the molecule is CCC(=O)C#CCCC1CC1. The molecule has 0 saturated heterocycles. The van der Waals surface area contributed by atoms with E-state index in [1.165, 1.54) is 19.3 Å². The zero-order valence-corrected chi connectivity index (χ0v) is 7.02. The summed E-state index contributed by atoms with van der Waals surface area (Å²) in [4.78, 5) is 10.7. The van der Waals surface area contributed by atoms with Crippen LogP contribution in [0.2, 0.25) is 0 Å². The van der Waals surface area contributed by atoms with Crippen molar-refractivity contribution in [3.63, 3.8) is 0 Å². The van der Waals surface area contributed by atoms with Crippen LogP contribution in [-0.2, 0) is 4.79 Å². The second-order valence-electron chi connectivity index (χ2n) is 3.06. The fourth-order valence-corrected chi connectivity index (χ4v) is 0.932. The van der Waals surface area contributed by atoms with Gasteiger partial charge in [-0.2, -0.15) is 0 Å². The first-order valence-electron chi connectivity index (χ1n) is 4.34. The lowest BCUT2D eigenvalue weighted by Gasteiger charge is -1.85. The maximum atomic E-state index is 10.7. The standard InChI is InChI=1S/C10H14O/c1-2-10(11)6-4-3-5-9-7-8-9/h9H,2-3,5,7-8H2,1H3.